The predicted octanol–water partition coefficient (Wildman–Crippen LogP) is 5.75. The quantitative estimate of drug-likeness (QED) is 0.683. The molecule has 0 aliphatic rings. The summed E-state index contributed by atoms with van der Waals surface area (Å²) in [6, 6.07) is 10.8. The highest BCUT2D eigenvalue weighted by Gasteiger charge is 2.08. The van der Waals surface area contributed by atoms with E-state index in [9.17, 15) is 0 Å². The average Bonchev–Trinajstić information content (AvgIpc) is 2.28. The molecule has 0 aliphatic carbocycles. The zero-order valence-electron chi connectivity index (χ0n) is 9.01. The summed E-state index contributed by atoms with van der Waals surface area (Å²) in [5.41, 5.74) is 1.07. The van der Waals surface area contributed by atoms with Gasteiger partial charge in [0.1, 0.15) is 16.5 Å². The predicted molar refractivity (Wildman–Crippen MR) is 72.7 cm³/mol. The van der Waals surface area contributed by atoms with Crippen molar-refractivity contribution >= 4 is 34.8 Å². The zero-order valence-corrected chi connectivity index (χ0v) is 11.3. The molecule has 0 heterocycles. The van der Waals surface area contributed by atoms with Crippen molar-refractivity contribution in [2.24, 2.45) is 0 Å². The summed E-state index contributed by atoms with van der Waals surface area (Å²) in [4.78, 5) is 0. The van der Waals surface area contributed by atoms with Crippen LogP contribution < -0.4 is 4.74 Å². The summed E-state index contributed by atoms with van der Waals surface area (Å²) < 4.78 is 5.63. The maximum atomic E-state index is 6.07. The Morgan fingerprint density at radius 2 is 1.65 bits per heavy atom. The highest BCUT2D eigenvalue weighted by molar-refractivity contribution is 6.43. The number of ether oxygens (including phenoxy) is 1. The fourth-order valence-corrected chi connectivity index (χ4v) is 1.97. The molecule has 0 atom stereocenters. The van der Waals surface area contributed by atoms with Crippen LogP contribution in [0.3, 0.4) is 0 Å². The molecule has 4 heteroatoms. The topological polar surface area (TPSA) is 9.23 Å². The summed E-state index contributed by atoms with van der Waals surface area (Å²) in [5, 5.41) is 1.37. The molecule has 0 saturated heterocycles. The molecule has 0 radical (unpaired) electrons. The van der Waals surface area contributed by atoms with E-state index in [1.54, 1.807) is 24.3 Å². The molecule has 1 nitrogen and oxygen atoms in total. The maximum absolute atomic E-state index is 6.07. The third-order valence-corrected chi connectivity index (χ3v) is 3.32. The van der Waals surface area contributed by atoms with Crippen molar-refractivity contribution in [2.75, 3.05) is 0 Å². The number of halogens is 3. The fourth-order valence-electron chi connectivity index (χ4n) is 1.37. The van der Waals surface area contributed by atoms with E-state index in [1.807, 2.05) is 19.1 Å². The van der Waals surface area contributed by atoms with Gasteiger partial charge in [-0.1, -0.05) is 46.9 Å². The number of hydrogen-bond donors (Lipinski definition) is 0. The molecule has 88 valence electrons. The molecule has 0 aliphatic heterocycles. The Bertz CT molecular complexity index is 552. The molecule has 2 rings (SSSR count). The van der Waals surface area contributed by atoms with Crippen LogP contribution in [0.4, 0.5) is 0 Å². The third-order valence-electron chi connectivity index (χ3n) is 2.22. The van der Waals surface area contributed by atoms with Gasteiger partial charge in [-0.05, 0) is 36.8 Å². The van der Waals surface area contributed by atoms with Gasteiger partial charge in [-0.25, -0.2) is 0 Å². The first-order valence-corrected chi connectivity index (χ1v) is 6.09. The van der Waals surface area contributed by atoms with Crippen molar-refractivity contribution in [3.05, 3.63) is 57.0 Å². The normalized spacial score (nSPS) is 10.4. The van der Waals surface area contributed by atoms with Gasteiger partial charge in [0, 0.05) is 0 Å². The Balaban J connectivity index is 2.35. The number of benzene rings is 2. The largest absolute Gasteiger partial charge is 0.454 e. The molecular formula is C13H9Cl3O. The molecule has 2 aromatic rings. The van der Waals surface area contributed by atoms with E-state index in [0.29, 0.717) is 26.6 Å². The van der Waals surface area contributed by atoms with Gasteiger partial charge in [0.15, 0.2) is 0 Å². The van der Waals surface area contributed by atoms with Gasteiger partial charge in [-0.15, -0.1) is 0 Å². The molecular weight excluding hydrogens is 279 g/mol. The Morgan fingerprint density at radius 3 is 2.35 bits per heavy atom. The van der Waals surface area contributed by atoms with Crippen molar-refractivity contribution in [1.29, 1.82) is 0 Å². The van der Waals surface area contributed by atoms with Gasteiger partial charge in [-0.3, -0.25) is 0 Å². The number of aryl methyl sites for hydroxylation is 1. The van der Waals surface area contributed by atoms with E-state index in [-0.39, 0.29) is 0 Å². The second-order valence-electron chi connectivity index (χ2n) is 3.59. The third kappa shape index (κ3) is 2.86. The number of hydrogen-bond acceptors (Lipinski definition) is 1. The maximum Gasteiger partial charge on any atom is 0.147 e. The van der Waals surface area contributed by atoms with E-state index < -0.39 is 0 Å². The lowest BCUT2D eigenvalue weighted by atomic mass is 10.2. The fraction of sp³-hybridized carbons (Fsp3) is 0.0769. The highest BCUT2D eigenvalue weighted by atomic mass is 35.5. The second-order valence-corrected chi connectivity index (χ2v) is 4.78. The minimum atomic E-state index is 0.380. The summed E-state index contributed by atoms with van der Waals surface area (Å²) in [6.07, 6.45) is 0. The monoisotopic (exact) mass is 286 g/mol. The molecule has 0 saturated carbocycles. The number of rotatable bonds is 2. The van der Waals surface area contributed by atoms with Crippen molar-refractivity contribution < 1.29 is 4.74 Å². The Morgan fingerprint density at radius 1 is 0.882 bits per heavy atom. The minimum Gasteiger partial charge on any atom is -0.454 e. The molecule has 0 unspecified atom stereocenters. The lowest BCUT2D eigenvalue weighted by Gasteiger charge is -2.10. The van der Waals surface area contributed by atoms with E-state index in [1.165, 1.54) is 0 Å². The minimum absolute atomic E-state index is 0.380. The summed E-state index contributed by atoms with van der Waals surface area (Å²) in [6.45, 7) is 1.96. The summed E-state index contributed by atoms with van der Waals surface area (Å²) in [5.74, 6) is 1.05. The molecule has 0 N–H and O–H groups in total. The van der Waals surface area contributed by atoms with Crippen molar-refractivity contribution in [1.82, 2.24) is 0 Å². The van der Waals surface area contributed by atoms with Crippen molar-refractivity contribution in [3.8, 4) is 11.5 Å². The Labute approximate surface area is 115 Å². The van der Waals surface area contributed by atoms with Crippen LogP contribution in [0.15, 0.2) is 36.4 Å². The van der Waals surface area contributed by atoms with Gasteiger partial charge in [0.25, 0.3) is 0 Å². The Kier molecular flexibility index (Phi) is 3.82. The van der Waals surface area contributed by atoms with E-state index in [0.717, 1.165) is 5.56 Å². The smallest absolute Gasteiger partial charge is 0.147 e. The van der Waals surface area contributed by atoms with E-state index in [4.69, 9.17) is 39.5 Å². The van der Waals surface area contributed by atoms with Crippen LogP contribution in [0.25, 0.3) is 0 Å². The van der Waals surface area contributed by atoms with E-state index >= 15 is 0 Å². The lowest BCUT2D eigenvalue weighted by molar-refractivity contribution is 0.483. The molecule has 0 spiro atoms. The Hall–Kier alpha value is -0.890. The van der Waals surface area contributed by atoms with Crippen LogP contribution in [0, 0.1) is 6.92 Å². The summed E-state index contributed by atoms with van der Waals surface area (Å²) >= 11 is 18.0. The lowest BCUT2D eigenvalue weighted by Crippen LogP contribution is -1.87. The SMILES string of the molecule is Cc1ccc(Oc2cccc(Cl)c2Cl)c(Cl)c1. The van der Waals surface area contributed by atoms with Crippen LogP contribution in [0.5, 0.6) is 11.5 Å². The van der Waals surface area contributed by atoms with Gasteiger partial charge < -0.3 is 4.74 Å². The van der Waals surface area contributed by atoms with Crippen LogP contribution in [0.1, 0.15) is 5.56 Å². The zero-order chi connectivity index (χ0) is 12.4. The first-order chi connectivity index (χ1) is 8.08. The van der Waals surface area contributed by atoms with Gasteiger partial charge in [-0.2, -0.15) is 0 Å². The second kappa shape index (κ2) is 5.18. The molecule has 17 heavy (non-hydrogen) atoms. The standard InChI is InChI=1S/C13H9Cl3O/c1-8-5-6-11(10(15)7-8)17-12-4-2-3-9(14)13(12)16/h2-7H,1H3. The van der Waals surface area contributed by atoms with Gasteiger partial charge in [0.2, 0.25) is 0 Å². The molecule has 0 bridgehead atoms. The van der Waals surface area contributed by atoms with Crippen LogP contribution >= 0.6 is 34.8 Å². The summed E-state index contributed by atoms with van der Waals surface area (Å²) in [7, 11) is 0. The first-order valence-electron chi connectivity index (χ1n) is 4.96. The van der Waals surface area contributed by atoms with Crippen LogP contribution in [-0.4, -0.2) is 0 Å². The molecule has 0 aromatic heterocycles. The van der Waals surface area contributed by atoms with Crippen LogP contribution in [0.2, 0.25) is 15.1 Å². The van der Waals surface area contributed by atoms with Gasteiger partial charge in [0.05, 0.1) is 10.0 Å². The molecule has 2 aromatic carbocycles. The average molecular weight is 288 g/mol. The van der Waals surface area contributed by atoms with Crippen molar-refractivity contribution in [3.63, 3.8) is 0 Å². The molecule has 0 amide bonds. The van der Waals surface area contributed by atoms with E-state index in [2.05, 4.69) is 0 Å². The molecule has 0 fully saturated rings. The first kappa shape index (κ1) is 12.6. The van der Waals surface area contributed by atoms with Gasteiger partial charge >= 0.3 is 0 Å². The van der Waals surface area contributed by atoms with Crippen molar-refractivity contribution in [2.45, 2.75) is 6.92 Å². The van der Waals surface area contributed by atoms with Crippen LogP contribution in [-0.2, 0) is 0 Å². The highest BCUT2D eigenvalue weighted by Crippen LogP contribution is 2.37.